The summed E-state index contributed by atoms with van der Waals surface area (Å²) in [4.78, 5) is 8.07. The van der Waals surface area contributed by atoms with Crippen LogP contribution in [-0.4, -0.2) is 16.5 Å². The molecule has 2 aromatic rings. The first-order valence-electron chi connectivity index (χ1n) is 5.35. The van der Waals surface area contributed by atoms with E-state index < -0.39 is 0 Å². The van der Waals surface area contributed by atoms with Gasteiger partial charge in [0.05, 0.1) is 12.3 Å². The highest BCUT2D eigenvalue weighted by molar-refractivity contribution is 5.27. The molecule has 1 N–H and O–H groups in total. The fourth-order valence-corrected chi connectivity index (χ4v) is 1.71. The molecule has 0 saturated carbocycles. The summed E-state index contributed by atoms with van der Waals surface area (Å²) < 4.78 is 5.52. The third kappa shape index (κ3) is 2.12. The highest BCUT2D eigenvalue weighted by Gasteiger charge is 2.18. The molecule has 1 atom stereocenters. The molecule has 0 bridgehead atoms. The van der Waals surface area contributed by atoms with Gasteiger partial charge in [-0.15, -0.1) is 0 Å². The predicted molar refractivity (Wildman–Crippen MR) is 61.0 cm³/mol. The average Bonchev–Trinajstić information content (AvgIpc) is 2.73. The van der Waals surface area contributed by atoms with Crippen LogP contribution in [0.3, 0.4) is 0 Å². The van der Waals surface area contributed by atoms with Crippen molar-refractivity contribution in [2.24, 2.45) is 0 Å². The van der Waals surface area contributed by atoms with Crippen LogP contribution >= 0.6 is 0 Å². The number of nitrogens with one attached hydrogen (secondary N) is 1. The first kappa shape index (κ1) is 10.8. The molecular formula is C12H15N3O. The van der Waals surface area contributed by atoms with E-state index in [0.29, 0.717) is 0 Å². The van der Waals surface area contributed by atoms with Crippen molar-refractivity contribution in [3.8, 4) is 0 Å². The maximum Gasteiger partial charge on any atom is 0.128 e. The van der Waals surface area contributed by atoms with Gasteiger partial charge in [0.15, 0.2) is 0 Å². The highest BCUT2D eigenvalue weighted by atomic mass is 16.3. The van der Waals surface area contributed by atoms with Crippen LogP contribution in [0.25, 0.3) is 0 Å². The molecule has 16 heavy (non-hydrogen) atoms. The maximum atomic E-state index is 5.52. The van der Waals surface area contributed by atoms with Gasteiger partial charge < -0.3 is 9.73 Å². The summed E-state index contributed by atoms with van der Waals surface area (Å²) in [7, 11) is 0. The zero-order chi connectivity index (χ0) is 11.4. The zero-order valence-corrected chi connectivity index (χ0v) is 9.47. The molecule has 0 aromatic carbocycles. The predicted octanol–water partition coefficient (Wildman–Crippen LogP) is 2.08. The quantitative estimate of drug-likeness (QED) is 0.851. The van der Waals surface area contributed by atoms with Crippen LogP contribution in [0, 0.1) is 6.92 Å². The van der Waals surface area contributed by atoms with Crippen molar-refractivity contribution in [3.05, 3.63) is 47.9 Å². The smallest absolute Gasteiger partial charge is 0.128 e. The van der Waals surface area contributed by atoms with Crippen molar-refractivity contribution >= 4 is 0 Å². The summed E-state index contributed by atoms with van der Waals surface area (Å²) >= 11 is 0. The van der Waals surface area contributed by atoms with Gasteiger partial charge in [0.2, 0.25) is 0 Å². The molecule has 2 heterocycles. The Hall–Kier alpha value is -1.68. The SMILES string of the molecule is CCNC(c1cncnc1)c1occc1C. The summed E-state index contributed by atoms with van der Waals surface area (Å²) in [6.45, 7) is 4.96. The Kier molecular flexibility index (Phi) is 3.31. The fraction of sp³-hybridized carbons (Fsp3) is 0.333. The van der Waals surface area contributed by atoms with Gasteiger partial charge in [0.1, 0.15) is 12.1 Å². The Morgan fingerprint density at radius 1 is 1.38 bits per heavy atom. The molecule has 0 fully saturated rings. The standard InChI is InChI=1S/C12H15N3O/c1-3-15-11(10-6-13-8-14-7-10)12-9(2)4-5-16-12/h4-8,11,15H,3H2,1-2H3. The van der Waals surface area contributed by atoms with Gasteiger partial charge in [0.25, 0.3) is 0 Å². The Morgan fingerprint density at radius 3 is 2.69 bits per heavy atom. The average molecular weight is 217 g/mol. The van der Waals surface area contributed by atoms with Gasteiger partial charge >= 0.3 is 0 Å². The van der Waals surface area contributed by atoms with Gasteiger partial charge in [-0.3, -0.25) is 0 Å². The third-order valence-corrected chi connectivity index (χ3v) is 2.49. The third-order valence-electron chi connectivity index (χ3n) is 2.49. The summed E-state index contributed by atoms with van der Waals surface area (Å²) in [5, 5.41) is 3.37. The van der Waals surface area contributed by atoms with Gasteiger partial charge in [-0.1, -0.05) is 6.92 Å². The molecule has 0 saturated heterocycles. The molecule has 4 nitrogen and oxygen atoms in total. The van der Waals surface area contributed by atoms with Crippen LogP contribution in [0.15, 0.2) is 35.5 Å². The molecule has 4 heteroatoms. The minimum atomic E-state index is 0.0289. The van der Waals surface area contributed by atoms with E-state index in [-0.39, 0.29) is 6.04 Å². The Morgan fingerprint density at radius 2 is 2.12 bits per heavy atom. The number of nitrogens with zero attached hydrogens (tertiary/aromatic N) is 2. The van der Waals surface area contributed by atoms with Crippen molar-refractivity contribution in [3.63, 3.8) is 0 Å². The molecule has 0 aliphatic heterocycles. The number of aromatic nitrogens is 2. The highest BCUT2D eigenvalue weighted by Crippen LogP contribution is 2.24. The summed E-state index contributed by atoms with van der Waals surface area (Å²) in [6.07, 6.45) is 6.85. The van der Waals surface area contributed by atoms with Gasteiger partial charge in [-0.25, -0.2) is 9.97 Å². The molecule has 0 amide bonds. The van der Waals surface area contributed by atoms with Crippen molar-refractivity contribution in [1.29, 1.82) is 0 Å². The second-order valence-corrected chi connectivity index (χ2v) is 3.63. The monoisotopic (exact) mass is 217 g/mol. The molecule has 0 radical (unpaired) electrons. The van der Waals surface area contributed by atoms with Crippen LogP contribution in [0.4, 0.5) is 0 Å². The van der Waals surface area contributed by atoms with E-state index in [0.717, 1.165) is 23.4 Å². The Labute approximate surface area is 94.7 Å². The van der Waals surface area contributed by atoms with E-state index in [1.54, 1.807) is 6.26 Å². The number of rotatable bonds is 4. The van der Waals surface area contributed by atoms with E-state index in [1.807, 2.05) is 25.4 Å². The molecule has 0 aliphatic rings. The number of furan rings is 1. The van der Waals surface area contributed by atoms with E-state index in [1.165, 1.54) is 6.33 Å². The van der Waals surface area contributed by atoms with E-state index in [4.69, 9.17) is 4.42 Å². The van der Waals surface area contributed by atoms with Crippen molar-refractivity contribution in [1.82, 2.24) is 15.3 Å². The van der Waals surface area contributed by atoms with Crippen LogP contribution in [0.5, 0.6) is 0 Å². The minimum Gasteiger partial charge on any atom is -0.467 e. The summed E-state index contributed by atoms with van der Waals surface area (Å²) in [5.74, 6) is 0.927. The first-order valence-corrected chi connectivity index (χ1v) is 5.35. The maximum absolute atomic E-state index is 5.52. The minimum absolute atomic E-state index is 0.0289. The normalized spacial score (nSPS) is 12.6. The number of hydrogen-bond acceptors (Lipinski definition) is 4. The molecule has 1 unspecified atom stereocenters. The van der Waals surface area contributed by atoms with Gasteiger partial charge in [0, 0.05) is 18.0 Å². The van der Waals surface area contributed by atoms with E-state index in [2.05, 4.69) is 22.2 Å². The van der Waals surface area contributed by atoms with Crippen molar-refractivity contribution in [2.45, 2.75) is 19.9 Å². The second kappa shape index (κ2) is 4.90. The number of aryl methyl sites for hydroxylation is 1. The van der Waals surface area contributed by atoms with Crippen LogP contribution in [0.2, 0.25) is 0 Å². The zero-order valence-electron chi connectivity index (χ0n) is 9.47. The first-order chi connectivity index (χ1) is 7.83. The lowest BCUT2D eigenvalue weighted by atomic mass is 10.1. The molecule has 2 aromatic heterocycles. The Bertz CT molecular complexity index is 439. The summed E-state index contributed by atoms with van der Waals surface area (Å²) in [6, 6.07) is 1.99. The van der Waals surface area contributed by atoms with E-state index in [9.17, 15) is 0 Å². The Balaban J connectivity index is 2.35. The molecule has 84 valence electrons. The van der Waals surface area contributed by atoms with Crippen LogP contribution < -0.4 is 5.32 Å². The lowest BCUT2D eigenvalue weighted by Gasteiger charge is -2.15. The topological polar surface area (TPSA) is 51.0 Å². The van der Waals surface area contributed by atoms with Crippen LogP contribution in [-0.2, 0) is 0 Å². The van der Waals surface area contributed by atoms with E-state index >= 15 is 0 Å². The van der Waals surface area contributed by atoms with Gasteiger partial charge in [-0.2, -0.15) is 0 Å². The lowest BCUT2D eigenvalue weighted by Crippen LogP contribution is -2.22. The van der Waals surface area contributed by atoms with Crippen molar-refractivity contribution < 1.29 is 4.42 Å². The van der Waals surface area contributed by atoms with Crippen LogP contribution in [0.1, 0.15) is 29.9 Å². The number of hydrogen-bond donors (Lipinski definition) is 1. The fourth-order valence-electron chi connectivity index (χ4n) is 1.71. The van der Waals surface area contributed by atoms with Gasteiger partial charge in [-0.05, 0) is 25.1 Å². The lowest BCUT2D eigenvalue weighted by molar-refractivity contribution is 0.448. The van der Waals surface area contributed by atoms with Crippen molar-refractivity contribution in [2.75, 3.05) is 6.54 Å². The molecular weight excluding hydrogens is 202 g/mol. The largest absolute Gasteiger partial charge is 0.467 e. The summed E-state index contributed by atoms with van der Waals surface area (Å²) in [5.41, 5.74) is 2.15. The second-order valence-electron chi connectivity index (χ2n) is 3.63. The molecule has 0 spiro atoms. The molecule has 0 aliphatic carbocycles. The molecule has 2 rings (SSSR count).